The Morgan fingerprint density at radius 3 is 2.76 bits per heavy atom. The van der Waals surface area contributed by atoms with Crippen LogP contribution in [0.5, 0.6) is 0 Å². The molecule has 0 spiro atoms. The number of aromatic nitrogens is 3. The lowest BCUT2D eigenvalue weighted by Crippen LogP contribution is -2.33. The summed E-state index contributed by atoms with van der Waals surface area (Å²) in [4.78, 5) is 16.7. The summed E-state index contributed by atoms with van der Waals surface area (Å²) < 4.78 is 1.93. The number of hydrogen-bond acceptors (Lipinski definition) is 3. The maximum Gasteiger partial charge on any atom is 0.319 e. The van der Waals surface area contributed by atoms with E-state index in [4.69, 9.17) is 0 Å². The number of hydrogen-bond donors (Lipinski definition) is 2. The Balaban J connectivity index is 1.67. The molecule has 2 aromatic heterocycles. The SMILES string of the molecule is Cc1cc(C)n(C(C)CNC(=O)Nc2ccc(C)c3ncccc23)n1. The van der Waals surface area contributed by atoms with Crippen LogP contribution in [0.2, 0.25) is 0 Å². The van der Waals surface area contributed by atoms with Gasteiger partial charge in [0.25, 0.3) is 0 Å². The monoisotopic (exact) mass is 337 g/mol. The van der Waals surface area contributed by atoms with Crippen molar-refractivity contribution in [2.45, 2.75) is 33.7 Å². The van der Waals surface area contributed by atoms with Crippen LogP contribution in [0.25, 0.3) is 10.9 Å². The second-order valence-corrected chi connectivity index (χ2v) is 6.39. The van der Waals surface area contributed by atoms with Gasteiger partial charge in [-0.1, -0.05) is 6.07 Å². The summed E-state index contributed by atoms with van der Waals surface area (Å²) in [5.74, 6) is 0. The van der Waals surface area contributed by atoms with Crippen molar-refractivity contribution in [3.8, 4) is 0 Å². The number of anilines is 1. The third-order valence-electron chi connectivity index (χ3n) is 4.24. The molecular formula is C19H23N5O. The number of urea groups is 1. The lowest BCUT2D eigenvalue weighted by molar-refractivity contribution is 0.250. The predicted molar refractivity (Wildman–Crippen MR) is 99.9 cm³/mol. The molecule has 0 aliphatic heterocycles. The van der Waals surface area contributed by atoms with E-state index in [0.717, 1.165) is 33.5 Å². The fourth-order valence-corrected chi connectivity index (χ4v) is 3.01. The quantitative estimate of drug-likeness (QED) is 0.762. The fourth-order valence-electron chi connectivity index (χ4n) is 3.01. The van der Waals surface area contributed by atoms with Crippen molar-refractivity contribution in [1.29, 1.82) is 0 Å². The van der Waals surface area contributed by atoms with E-state index in [0.29, 0.717) is 6.54 Å². The van der Waals surface area contributed by atoms with Crippen LogP contribution in [0, 0.1) is 20.8 Å². The van der Waals surface area contributed by atoms with Gasteiger partial charge in [-0.25, -0.2) is 4.79 Å². The van der Waals surface area contributed by atoms with Gasteiger partial charge in [-0.3, -0.25) is 9.67 Å². The number of pyridine rings is 1. The van der Waals surface area contributed by atoms with Crippen LogP contribution in [0.3, 0.4) is 0 Å². The molecule has 0 bridgehead atoms. The molecule has 1 unspecified atom stereocenters. The first-order valence-corrected chi connectivity index (χ1v) is 8.37. The zero-order valence-corrected chi connectivity index (χ0v) is 15.0. The molecule has 1 aromatic carbocycles. The van der Waals surface area contributed by atoms with Crippen molar-refractivity contribution in [2.75, 3.05) is 11.9 Å². The molecule has 25 heavy (non-hydrogen) atoms. The highest BCUT2D eigenvalue weighted by molar-refractivity contribution is 6.01. The predicted octanol–water partition coefficient (Wildman–Crippen LogP) is 3.74. The van der Waals surface area contributed by atoms with Gasteiger partial charge in [0.1, 0.15) is 0 Å². The zero-order valence-electron chi connectivity index (χ0n) is 15.0. The van der Waals surface area contributed by atoms with Crippen molar-refractivity contribution >= 4 is 22.6 Å². The van der Waals surface area contributed by atoms with Crippen LogP contribution in [-0.2, 0) is 0 Å². The average molecular weight is 337 g/mol. The van der Waals surface area contributed by atoms with Crippen LogP contribution in [0.4, 0.5) is 10.5 Å². The third-order valence-corrected chi connectivity index (χ3v) is 4.24. The molecule has 0 aliphatic rings. The number of aryl methyl sites for hydroxylation is 3. The molecule has 0 saturated carbocycles. The number of nitrogens with one attached hydrogen (secondary N) is 2. The lowest BCUT2D eigenvalue weighted by atomic mass is 10.1. The summed E-state index contributed by atoms with van der Waals surface area (Å²) in [7, 11) is 0. The first kappa shape index (κ1) is 17.0. The average Bonchev–Trinajstić information content (AvgIpc) is 2.94. The van der Waals surface area contributed by atoms with E-state index in [1.165, 1.54) is 0 Å². The van der Waals surface area contributed by atoms with Gasteiger partial charge in [-0.05, 0) is 57.5 Å². The molecule has 0 fully saturated rings. The van der Waals surface area contributed by atoms with Gasteiger partial charge in [-0.2, -0.15) is 5.10 Å². The molecule has 2 N–H and O–H groups in total. The molecule has 130 valence electrons. The summed E-state index contributed by atoms with van der Waals surface area (Å²) >= 11 is 0. The van der Waals surface area contributed by atoms with Crippen molar-refractivity contribution in [1.82, 2.24) is 20.1 Å². The number of rotatable bonds is 4. The highest BCUT2D eigenvalue weighted by Crippen LogP contribution is 2.24. The highest BCUT2D eigenvalue weighted by atomic mass is 16.2. The molecule has 2 amide bonds. The summed E-state index contributed by atoms with van der Waals surface area (Å²) in [6.45, 7) is 8.52. The summed E-state index contributed by atoms with van der Waals surface area (Å²) in [6.07, 6.45) is 1.76. The van der Waals surface area contributed by atoms with Crippen LogP contribution in [0.1, 0.15) is 29.9 Å². The minimum atomic E-state index is -0.234. The fraction of sp³-hybridized carbons (Fsp3) is 0.316. The van der Waals surface area contributed by atoms with E-state index in [-0.39, 0.29) is 12.1 Å². The Morgan fingerprint density at radius 1 is 1.24 bits per heavy atom. The van der Waals surface area contributed by atoms with Gasteiger partial charge >= 0.3 is 6.03 Å². The number of amides is 2. The van der Waals surface area contributed by atoms with E-state index in [1.54, 1.807) is 6.20 Å². The Hall–Kier alpha value is -2.89. The molecule has 0 aliphatic carbocycles. The van der Waals surface area contributed by atoms with Crippen LogP contribution >= 0.6 is 0 Å². The third kappa shape index (κ3) is 3.63. The second kappa shape index (κ2) is 6.93. The number of benzene rings is 1. The molecule has 1 atom stereocenters. The number of fused-ring (bicyclic) bond motifs is 1. The zero-order chi connectivity index (χ0) is 18.0. The topological polar surface area (TPSA) is 71.8 Å². The standard InChI is InChI=1S/C19H23N5O/c1-12-7-8-17(16-6-5-9-20-18(12)16)22-19(25)21-11-15(4)24-14(3)10-13(2)23-24/h5-10,15H,11H2,1-4H3,(H2,21,22,25). The van der Waals surface area contributed by atoms with Gasteiger partial charge in [0.05, 0.1) is 22.9 Å². The number of carbonyl (C=O) groups excluding carboxylic acids is 1. The Kier molecular flexibility index (Phi) is 4.70. The van der Waals surface area contributed by atoms with Gasteiger partial charge in [0.2, 0.25) is 0 Å². The molecule has 0 saturated heterocycles. The van der Waals surface area contributed by atoms with Crippen molar-refractivity contribution in [2.24, 2.45) is 0 Å². The van der Waals surface area contributed by atoms with Crippen LogP contribution < -0.4 is 10.6 Å². The molecular weight excluding hydrogens is 314 g/mol. The normalized spacial score (nSPS) is 12.2. The Morgan fingerprint density at radius 2 is 2.04 bits per heavy atom. The minimum Gasteiger partial charge on any atom is -0.336 e. The van der Waals surface area contributed by atoms with Crippen LogP contribution in [-0.4, -0.2) is 27.3 Å². The summed E-state index contributed by atoms with van der Waals surface area (Å²) in [6, 6.07) is 9.58. The minimum absolute atomic E-state index is 0.0795. The van der Waals surface area contributed by atoms with Gasteiger partial charge < -0.3 is 10.6 Å². The molecule has 3 aromatic rings. The van der Waals surface area contributed by atoms with E-state index >= 15 is 0 Å². The molecule has 2 heterocycles. The van der Waals surface area contributed by atoms with Crippen molar-refractivity contribution < 1.29 is 4.79 Å². The Bertz CT molecular complexity index is 915. The van der Waals surface area contributed by atoms with Gasteiger partial charge in [0, 0.05) is 23.8 Å². The van der Waals surface area contributed by atoms with Crippen molar-refractivity contribution in [3.05, 3.63) is 53.5 Å². The molecule has 0 radical (unpaired) electrons. The lowest BCUT2D eigenvalue weighted by Gasteiger charge is -2.16. The van der Waals surface area contributed by atoms with Crippen molar-refractivity contribution in [3.63, 3.8) is 0 Å². The maximum absolute atomic E-state index is 12.3. The van der Waals surface area contributed by atoms with Crippen LogP contribution in [0.15, 0.2) is 36.5 Å². The highest BCUT2D eigenvalue weighted by Gasteiger charge is 2.12. The second-order valence-electron chi connectivity index (χ2n) is 6.39. The molecule has 6 nitrogen and oxygen atoms in total. The summed E-state index contributed by atoms with van der Waals surface area (Å²) in [5, 5.41) is 11.2. The number of carbonyl (C=O) groups is 1. The van der Waals surface area contributed by atoms with E-state index in [1.807, 2.05) is 62.7 Å². The summed E-state index contributed by atoms with van der Waals surface area (Å²) in [5.41, 5.74) is 4.80. The largest absolute Gasteiger partial charge is 0.336 e. The van der Waals surface area contributed by atoms with E-state index in [9.17, 15) is 4.79 Å². The van der Waals surface area contributed by atoms with E-state index in [2.05, 4.69) is 20.7 Å². The van der Waals surface area contributed by atoms with E-state index < -0.39 is 0 Å². The van der Waals surface area contributed by atoms with Gasteiger partial charge in [-0.15, -0.1) is 0 Å². The smallest absolute Gasteiger partial charge is 0.319 e. The first-order valence-electron chi connectivity index (χ1n) is 8.37. The van der Waals surface area contributed by atoms with Gasteiger partial charge in [0.15, 0.2) is 0 Å². The molecule has 3 rings (SSSR count). The first-order chi connectivity index (χ1) is 12.0. The maximum atomic E-state index is 12.3. The molecule has 6 heteroatoms. The number of nitrogens with zero attached hydrogens (tertiary/aromatic N) is 3. The Labute approximate surface area is 147 Å².